The van der Waals surface area contributed by atoms with Crippen LogP contribution in [0.15, 0.2) is 23.1 Å². The first-order chi connectivity index (χ1) is 9.88. The van der Waals surface area contributed by atoms with E-state index in [2.05, 4.69) is 0 Å². The third-order valence-corrected chi connectivity index (χ3v) is 6.86. The van der Waals surface area contributed by atoms with Crippen molar-refractivity contribution >= 4 is 22.4 Å². The van der Waals surface area contributed by atoms with Gasteiger partial charge in [-0.15, -0.1) is 0 Å². The van der Waals surface area contributed by atoms with Crippen molar-refractivity contribution in [3.63, 3.8) is 0 Å². The van der Waals surface area contributed by atoms with Crippen LogP contribution in [-0.4, -0.2) is 32.0 Å². The summed E-state index contributed by atoms with van der Waals surface area (Å²) in [6, 6.07) is 5.15. The molecule has 2 rings (SSSR count). The lowest BCUT2D eigenvalue weighted by Crippen LogP contribution is -2.41. The van der Waals surface area contributed by atoms with E-state index in [1.165, 1.54) is 0 Å². The first-order valence-electron chi connectivity index (χ1n) is 7.58. The molecule has 6 heteroatoms. The van der Waals surface area contributed by atoms with Crippen molar-refractivity contribution in [2.75, 3.05) is 0 Å². The molecule has 0 unspecified atom stereocenters. The summed E-state index contributed by atoms with van der Waals surface area (Å²) in [5.41, 5.74) is 0.843. The first kappa shape index (κ1) is 17.5. The maximum atomic E-state index is 12.4. The van der Waals surface area contributed by atoms with Gasteiger partial charge < -0.3 is 9.31 Å². The topological polar surface area (TPSA) is 52.6 Å². The van der Waals surface area contributed by atoms with Gasteiger partial charge in [0.2, 0.25) is 0 Å². The highest BCUT2D eigenvalue weighted by molar-refractivity contribution is 7.92. The van der Waals surface area contributed by atoms with E-state index < -0.39 is 33.4 Å². The Balaban J connectivity index is 2.46. The van der Waals surface area contributed by atoms with E-state index in [-0.39, 0.29) is 0 Å². The van der Waals surface area contributed by atoms with Gasteiger partial charge in [-0.2, -0.15) is 0 Å². The molecule has 0 aromatic heterocycles. The van der Waals surface area contributed by atoms with Crippen LogP contribution >= 0.6 is 0 Å². The second kappa shape index (κ2) is 5.36. The minimum Gasteiger partial charge on any atom is -0.399 e. The predicted octanol–water partition coefficient (Wildman–Crippen LogP) is 2.48. The van der Waals surface area contributed by atoms with Crippen LogP contribution in [-0.2, 0) is 19.1 Å². The molecule has 0 N–H and O–H groups in total. The lowest BCUT2D eigenvalue weighted by molar-refractivity contribution is 0.00578. The molecule has 0 aliphatic carbocycles. The SMILES string of the molecule is Cc1ccc(S(=O)(=O)C(C)C)cc1B1OC(C)(C)C(C)(C)O1. The second-order valence-electron chi connectivity index (χ2n) is 7.20. The fraction of sp³-hybridized carbons (Fsp3) is 0.625. The number of benzene rings is 1. The van der Waals surface area contributed by atoms with Crippen LogP contribution in [0.4, 0.5) is 0 Å². The molecule has 0 bridgehead atoms. The monoisotopic (exact) mass is 324 g/mol. The highest BCUT2D eigenvalue weighted by Crippen LogP contribution is 2.36. The maximum absolute atomic E-state index is 12.4. The minimum atomic E-state index is -3.31. The van der Waals surface area contributed by atoms with Crippen molar-refractivity contribution in [3.05, 3.63) is 23.8 Å². The molecule has 0 atom stereocenters. The molecule has 0 spiro atoms. The summed E-state index contributed by atoms with van der Waals surface area (Å²) in [6.45, 7) is 13.2. The van der Waals surface area contributed by atoms with E-state index in [0.29, 0.717) is 4.90 Å². The summed E-state index contributed by atoms with van der Waals surface area (Å²) in [6.07, 6.45) is 0. The summed E-state index contributed by atoms with van der Waals surface area (Å²) in [5, 5.41) is -0.457. The van der Waals surface area contributed by atoms with Crippen molar-refractivity contribution in [1.29, 1.82) is 0 Å². The molecule has 22 heavy (non-hydrogen) atoms. The summed E-state index contributed by atoms with van der Waals surface area (Å²) in [5.74, 6) is 0. The van der Waals surface area contributed by atoms with Gasteiger partial charge in [-0.25, -0.2) is 8.42 Å². The van der Waals surface area contributed by atoms with Crippen molar-refractivity contribution in [2.45, 2.75) is 69.8 Å². The third kappa shape index (κ3) is 2.84. The molecular formula is C16H25BO4S. The summed E-state index contributed by atoms with van der Waals surface area (Å²) < 4.78 is 36.9. The number of rotatable bonds is 3. The molecule has 1 aliphatic heterocycles. The van der Waals surface area contributed by atoms with Crippen LogP contribution in [0.5, 0.6) is 0 Å². The molecule has 1 heterocycles. The lowest BCUT2D eigenvalue weighted by atomic mass is 9.76. The predicted molar refractivity (Wildman–Crippen MR) is 89.2 cm³/mol. The van der Waals surface area contributed by atoms with Gasteiger partial charge in [-0.05, 0) is 66.1 Å². The zero-order chi connectivity index (χ0) is 16.9. The Morgan fingerprint density at radius 2 is 1.55 bits per heavy atom. The standard InChI is InChI=1S/C16H25BO4S/c1-11(2)22(18,19)13-9-8-12(3)14(10-13)17-20-15(4,5)16(6,7)21-17/h8-11H,1-7H3. The fourth-order valence-electron chi connectivity index (χ4n) is 2.29. The maximum Gasteiger partial charge on any atom is 0.495 e. The van der Waals surface area contributed by atoms with Gasteiger partial charge >= 0.3 is 7.12 Å². The fourth-order valence-corrected chi connectivity index (χ4v) is 3.38. The van der Waals surface area contributed by atoms with Gasteiger partial charge in [-0.3, -0.25) is 0 Å². The van der Waals surface area contributed by atoms with Crippen LogP contribution in [0.2, 0.25) is 0 Å². The quantitative estimate of drug-likeness (QED) is 0.802. The van der Waals surface area contributed by atoms with E-state index in [1.807, 2.05) is 40.7 Å². The largest absolute Gasteiger partial charge is 0.495 e. The van der Waals surface area contributed by atoms with Gasteiger partial charge in [-0.1, -0.05) is 11.6 Å². The van der Waals surface area contributed by atoms with Crippen LogP contribution in [0.1, 0.15) is 47.1 Å². The zero-order valence-electron chi connectivity index (χ0n) is 14.4. The Morgan fingerprint density at radius 1 is 1.05 bits per heavy atom. The van der Waals surface area contributed by atoms with Crippen LogP contribution in [0, 0.1) is 6.92 Å². The Labute approximate surface area is 134 Å². The number of hydrogen-bond donors (Lipinski definition) is 0. The third-order valence-electron chi connectivity index (χ3n) is 4.71. The summed E-state index contributed by atoms with van der Waals surface area (Å²) in [4.78, 5) is 0.317. The number of sulfone groups is 1. The Morgan fingerprint density at radius 3 is 2.00 bits per heavy atom. The van der Waals surface area contributed by atoms with Gasteiger partial charge in [0.1, 0.15) is 0 Å². The van der Waals surface area contributed by atoms with Gasteiger partial charge in [0, 0.05) is 0 Å². The molecule has 0 amide bonds. The van der Waals surface area contributed by atoms with E-state index >= 15 is 0 Å². The highest BCUT2D eigenvalue weighted by atomic mass is 32.2. The highest BCUT2D eigenvalue weighted by Gasteiger charge is 2.52. The minimum absolute atomic E-state index is 0.317. The Kier molecular flexibility index (Phi) is 4.26. The Hall–Kier alpha value is -0.845. The Bertz CT molecular complexity index is 661. The van der Waals surface area contributed by atoms with E-state index in [0.717, 1.165) is 11.0 Å². The van der Waals surface area contributed by atoms with Crippen LogP contribution < -0.4 is 5.46 Å². The molecule has 1 aliphatic rings. The molecule has 1 fully saturated rings. The molecule has 122 valence electrons. The summed E-state index contributed by atoms with van der Waals surface area (Å²) >= 11 is 0. The average Bonchev–Trinajstić information content (AvgIpc) is 2.58. The normalized spacial score (nSPS) is 20.6. The lowest BCUT2D eigenvalue weighted by Gasteiger charge is -2.32. The smallest absolute Gasteiger partial charge is 0.399 e. The van der Waals surface area contributed by atoms with Gasteiger partial charge in [0.25, 0.3) is 0 Å². The summed E-state index contributed by atoms with van der Waals surface area (Å²) in [7, 11) is -3.86. The number of hydrogen-bond acceptors (Lipinski definition) is 4. The average molecular weight is 324 g/mol. The van der Waals surface area contributed by atoms with Crippen molar-refractivity contribution in [1.82, 2.24) is 0 Å². The van der Waals surface area contributed by atoms with Gasteiger partial charge in [0.15, 0.2) is 9.84 Å². The second-order valence-corrected chi connectivity index (χ2v) is 9.70. The van der Waals surface area contributed by atoms with Crippen LogP contribution in [0.3, 0.4) is 0 Å². The van der Waals surface area contributed by atoms with Gasteiger partial charge in [0.05, 0.1) is 21.3 Å². The van der Waals surface area contributed by atoms with E-state index in [9.17, 15) is 8.42 Å². The van der Waals surface area contributed by atoms with Crippen LogP contribution in [0.25, 0.3) is 0 Å². The van der Waals surface area contributed by atoms with E-state index in [1.54, 1.807) is 26.0 Å². The number of aryl methyl sites for hydroxylation is 1. The van der Waals surface area contributed by atoms with Crippen molar-refractivity contribution < 1.29 is 17.7 Å². The molecule has 1 saturated heterocycles. The molecular weight excluding hydrogens is 299 g/mol. The molecule has 4 nitrogen and oxygen atoms in total. The van der Waals surface area contributed by atoms with Crippen molar-refractivity contribution in [2.24, 2.45) is 0 Å². The zero-order valence-corrected chi connectivity index (χ0v) is 15.2. The molecule has 0 saturated carbocycles. The molecule has 1 aromatic rings. The van der Waals surface area contributed by atoms with Crippen molar-refractivity contribution in [3.8, 4) is 0 Å². The van der Waals surface area contributed by atoms with E-state index in [4.69, 9.17) is 9.31 Å². The first-order valence-corrected chi connectivity index (χ1v) is 9.13. The molecule has 1 aromatic carbocycles. The molecule has 0 radical (unpaired) electrons.